The Bertz CT molecular complexity index is 578. The molecule has 0 saturated carbocycles. The Morgan fingerprint density at radius 1 is 1.42 bits per heavy atom. The van der Waals surface area contributed by atoms with E-state index in [1.165, 1.54) is 6.42 Å². The second-order valence-electron chi connectivity index (χ2n) is 5.56. The van der Waals surface area contributed by atoms with E-state index in [1.54, 1.807) is 16.6 Å². The summed E-state index contributed by atoms with van der Waals surface area (Å²) in [6, 6.07) is 3.99. The average Bonchev–Trinajstić information content (AvgIpc) is 2.84. The summed E-state index contributed by atoms with van der Waals surface area (Å²) in [4.78, 5) is 6.98. The molecule has 19 heavy (non-hydrogen) atoms. The molecule has 0 aromatic carbocycles. The van der Waals surface area contributed by atoms with E-state index in [4.69, 9.17) is 0 Å². The molecule has 3 heterocycles. The summed E-state index contributed by atoms with van der Waals surface area (Å²) >= 11 is 0. The number of pyridine rings is 1. The molecule has 0 aliphatic carbocycles. The van der Waals surface area contributed by atoms with E-state index in [9.17, 15) is 5.11 Å². The highest BCUT2D eigenvalue weighted by Crippen LogP contribution is 2.27. The van der Waals surface area contributed by atoms with Gasteiger partial charge in [-0.3, -0.25) is 0 Å². The lowest BCUT2D eigenvalue weighted by Crippen LogP contribution is -2.39. The fourth-order valence-corrected chi connectivity index (χ4v) is 2.77. The maximum Gasteiger partial charge on any atom is 0.197 e. The minimum Gasteiger partial charge on any atom is -0.504 e. The first-order valence-corrected chi connectivity index (χ1v) is 6.93. The van der Waals surface area contributed by atoms with E-state index in [0.29, 0.717) is 17.6 Å². The van der Waals surface area contributed by atoms with Gasteiger partial charge in [-0.2, -0.15) is 5.10 Å². The van der Waals surface area contributed by atoms with Crippen LogP contribution in [0.2, 0.25) is 0 Å². The zero-order valence-electron chi connectivity index (χ0n) is 11.5. The second kappa shape index (κ2) is 4.81. The third kappa shape index (κ3) is 2.30. The Morgan fingerprint density at radius 3 is 3.00 bits per heavy atom. The van der Waals surface area contributed by atoms with Gasteiger partial charge in [-0.1, -0.05) is 0 Å². The fourth-order valence-electron chi connectivity index (χ4n) is 2.77. The lowest BCUT2D eigenvalue weighted by atomic mass is 9.96. The van der Waals surface area contributed by atoms with Crippen molar-refractivity contribution in [2.75, 3.05) is 13.1 Å². The molecule has 1 aliphatic rings. The maximum atomic E-state index is 9.79. The molecule has 5 heteroatoms. The van der Waals surface area contributed by atoms with E-state index in [-0.39, 0.29) is 5.75 Å². The molecule has 1 saturated heterocycles. The number of likely N-dealkylation sites (tertiary alicyclic amines) is 1. The molecular weight excluding hydrogens is 240 g/mol. The van der Waals surface area contributed by atoms with Crippen molar-refractivity contribution >= 4 is 5.65 Å². The molecule has 1 fully saturated rings. The lowest BCUT2D eigenvalue weighted by Gasteiger charge is -2.34. The normalized spacial score (nSPS) is 21.3. The molecule has 1 atom stereocenters. The van der Waals surface area contributed by atoms with Crippen molar-refractivity contribution in [1.29, 1.82) is 0 Å². The van der Waals surface area contributed by atoms with Crippen LogP contribution in [0, 0.1) is 0 Å². The SMILES string of the molecule is CC(C)N1CCCC(c2nc3c(O)cccn3n2)C1. The Morgan fingerprint density at radius 2 is 2.26 bits per heavy atom. The number of rotatable bonds is 2. The van der Waals surface area contributed by atoms with Gasteiger partial charge in [-0.25, -0.2) is 9.50 Å². The first kappa shape index (κ1) is 12.4. The average molecular weight is 260 g/mol. The standard InChI is InChI=1S/C14H20N4O/c1-10(2)17-7-3-5-11(9-17)13-15-14-12(19)6-4-8-18(14)16-13/h4,6,8,10-11,19H,3,5,7,9H2,1-2H3. The van der Waals surface area contributed by atoms with E-state index in [1.807, 2.05) is 6.20 Å². The van der Waals surface area contributed by atoms with Crippen molar-refractivity contribution in [3.8, 4) is 5.75 Å². The van der Waals surface area contributed by atoms with Gasteiger partial charge in [-0.05, 0) is 45.4 Å². The van der Waals surface area contributed by atoms with Gasteiger partial charge >= 0.3 is 0 Å². The van der Waals surface area contributed by atoms with E-state index in [0.717, 1.165) is 25.3 Å². The molecule has 5 nitrogen and oxygen atoms in total. The van der Waals surface area contributed by atoms with Gasteiger partial charge < -0.3 is 10.0 Å². The van der Waals surface area contributed by atoms with Crippen molar-refractivity contribution in [1.82, 2.24) is 19.5 Å². The molecule has 2 aromatic heterocycles. The summed E-state index contributed by atoms with van der Waals surface area (Å²) in [7, 11) is 0. The maximum absolute atomic E-state index is 9.79. The van der Waals surface area contributed by atoms with Crippen LogP contribution in [-0.2, 0) is 0 Å². The fraction of sp³-hybridized carbons (Fsp3) is 0.571. The molecule has 0 spiro atoms. The van der Waals surface area contributed by atoms with Crippen LogP contribution in [0.25, 0.3) is 5.65 Å². The summed E-state index contributed by atoms with van der Waals surface area (Å²) in [5.74, 6) is 1.42. The third-order valence-corrected chi connectivity index (χ3v) is 3.91. The van der Waals surface area contributed by atoms with Gasteiger partial charge in [0.25, 0.3) is 0 Å². The van der Waals surface area contributed by atoms with Gasteiger partial charge in [0, 0.05) is 24.7 Å². The van der Waals surface area contributed by atoms with Crippen LogP contribution in [-0.4, -0.2) is 43.7 Å². The van der Waals surface area contributed by atoms with E-state index >= 15 is 0 Å². The van der Waals surface area contributed by atoms with Crippen LogP contribution < -0.4 is 0 Å². The number of hydrogen-bond donors (Lipinski definition) is 1. The molecule has 1 N–H and O–H groups in total. The summed E-state index contributed by atoms with van der Waals surface area (Å²) in [6.07, 6.45) is 4.14. The highest BCUT2D eigenvalue weighted by atomic mass is 16.3. The quantitative estimate of drug-likeness (QED) is 0.897. The van der Waals surface area contributed by atoms with Gasteiger partial charge in [0.1, 0.15) is 0 Å². The molecule has 3 rings (SSSR count). The Balaban J connectivity index is 1.89. The number of nitrogens with zero attached hydrogens (tertiary/aromatic N) is 4. The minimum atomic E-state index is 0.192. The molecule has 2 aromatic rings. The Labute approximate surface area is 112 Å². The Kier molecular flexibility index (Phi) is 3.14. The first-order valence-electron chi connectivity index (χ1n) is 6.93. The number of aromatic hydroxyl groups is 1. The van der Waals surface area contributed by atoms with E-state index < -0.39 is 0 Å². The molecule has 0 amide bonds. The van der Waals surface area contributed by atoms with E-state index in [2.05, 4.69) is 28.8 Å². The predicted octanol–water partition coefficient (Wildman–Crippen LogP) is 2.02. The van der Waals surface area contributed by atoms with Crippen LogP contribution in [0.4, 0.5) is 0 Å². The topological polar surface area (TPSA) is 53.7 Å². The zero-order chi connectivity index (χ0) is 13.4. The lowest BCUT2D eigenvalue weighted by molar-refractivity contribution is 0.165. The summed E-state index contributed by atoms with van der Waals surface area (Å²) < 4.78 is 1.67. The predicted molar refractivity (Wildman–Crippen MR) is 73.3 cm³/mol. The summed E-state index contributed by atoms with van der Waals surface area (Å²) in [5, 5.41) is 14.3. The van der Waals surface area contributed by atoms with Crippen LogP contribution >= 0.6 is 0 Å². The molecule has 102 valence electrons. The van der Waals surface area contributed by atoms with Gasteiger partial charge in [0.2, 0.25) is 0 Å². The number of hydrogen-bond acceptors (Lipinski definition) is 4. The molecular formula is C14H20N4O. The summed E-state index contributed by atoms with van der Waals surface area (Å²) in [6.45, 7) is 6.62. The molecule has 1 aliphatic heterocycles. The molecule has 0 radical (unpaired) electrons. The van der Waals surface area contributed by atoms with Crippen molar-refractivity contribution in [3.63, 3.8) is 0 Å². The first-order chi connectivity index (χ1) is 9.15. The Hall–Kier alpha value is -1.62. The zero-order valence-corrected chi connectivity index (χ0v) is 11.5. The van der Waals surface area contributed by atoms with Crippen LogP contribution in [0.3, 0.4) is 0 Å². The van der Waals surface area contributed by atoms with Gasteiger partial charge in [-0.15, -0.1) is 0 Å². The van der Waals surface area contributed by atoms with Crippen LogP contribution in [0.5, 0.6) is 5.75 Å². The smallest absolute Gasteiger partial charge is 0.197 e. The highest BCUT2D eigenvalue weighted by molar-refractivity contribution is 5.51. The minimum absolute atomic E-state index is 0.192. The monoisotopic (exact) mass is 260 g/mol. The number of piperidine rings is 1. The van der Waals surface area contributed by atoms with Gasteiger partial charge in [0.05, 0.1) is 0 Å². The largest absolute Gasteiger partial charge is 0.504 e. The number of aromatic nitrogens is 3. The second-order valence-corrected chi connectivity index (χ2v) is 5.56. The summed E-state index contributed by atoms with van der Waals surface area (Å²) in [5.41, 5.74) is 0.555. The van der Waals surface area contributed by atoms with Gasteiger partial charge in [0.15, 0.2) is 17.2 Å². The highest BCUT2D eigenvalue weighted by Gasteiger charge is 2.26. The van der Waals surface area contributed by atoms with Crippen LogP contribution in [0.1, 0.15) is 38.4 Å². The molecule has 1 unspecified atom stereocenters. The van der Waals surface area contributed by atoms with Crippen molar-refractivity contribution < 1.29 is 5.11 Å². The van der Waals surface area contributed by atoms with Crippen molar-refractivity contribution in [2.45, 2.75) is 38.6 Å². The van der Waals surface area contributed by atoms with Crippen molar-refractivity contribution in [2.24, 2.45) is 0 Å². The van der Waals surface area contributed by atoms with Crippen molar-refractivity contribution in [3.05, 3.63) is 24.2 Å². The molecule has 0 bridgehead atoms. The van der Waals surface area contributed by atoms with Crippen LogP contribution in [0.15, 0.2) is 18.3 Å². The third-order valence-electron chi connectivity index (χ3n) is 3.91. The number of fused-ring (bicyclic) bond motifs is 1.